The van der Waals surface area contributed by atoms with Gasteiger partial charge >= 0.3 is 12.1 Å². The van der Waals surface area contributed by atoms with Crippen LogP contribution in [0.4, 0.5) is 13.2 Å². The molecular formula is C13H15F3O2. The first-order valence-corrected chi connectivity index (χ1v) is 5.65. The van der Waals surface area contributed by atoms with E-state index in [0.29, 0.717) is 0 Å². The van der Waals surface area contributed by atoms with E-state index >= 15 is 0 Å². The van der Waals surface area contributed by atoms with Gasteiger partial charge in [0.1, 0.15) is 0 Å². The maximum absolute atomic E-state index is 12.6. The van der Waals surface area contributed by atoms with Gasteiger partial charge in [-0.15, -0.1) is 0 Å². The zero-order chi connectivity index (χ0) is 13.9. The average Bonchev–Trinajstić information content (AvgIpc) is 2.28. The summed E-state index contributed by atoms with van der Waals surface area (Å²) in [5, 5.41) is 8.99. The molecule has 100 valence electrons. The molecule has 1 rings (SSSR count). The minimum Gasteiger partial charge on any atom is -0.481 e. The summed E-state index contributed by atoms with van der Waals surface area (Å²) in [5.74, 6) is -4.93. The maximum atomic E-state index is 12.6. The number of halogens is 3. The minimum absolute atomic E-state index is 0.185. The number of carbonyl (C=O) groups is 1. The van der Waals surface area contributed by atoms with E-state index in [1.54, 1.807) is 12.1 Å². The topological polar surface area (TPSA) is 37.3 Å². The van der Waals surface area contributed by atoms with E-state index in [1.807, 2.05) is 6.92 Å². The molecule has 1 aromatic rings. The second-order valence-electron chi connectivity index (χ2n) is 4.24. The molecule has 0 aromatic heterocycles. The Morgan fingerprint density at radius 2 is 1.78 bits per heavy atom. The van der Waals surface area contributed by atoms with Crippen LogP contribution in [-0.2, 0) is 11.2 Å². The van der Waals surface area contributed by atoms with Crippen LogP contribution >= 0.6 is 0 Å². The summed E-state index contributed by atoms with van der Waals surface area (Å²) in [6.07, 6.45) is -3.76. The molecule has 0 aliphatic carbocycles. The highest BCUT2D eigenvalue weighted by atomic mass is 19.4. The molecule has 0 amide bonds. The molecule has 2 nitrogen and oxygen atoms in total. The molecule has 0 fully saturated rings. The average molecular weight is 260 g/mol. The van der Waals surface area contributed by atoms with Crippen LogP contribution < -0.4 is 0 Å². The minimum atomic E-state index is -4.52. The maximum Gasteiger partial charge on any atom is 0.392 e. The summed E-state index contributed by atoms with van der Waals surface area (Å²) in [6, 6.07) is 6.24. The number of benzene rings is 1. The summed E-state index contributed by atoms with van der Waals surface area (Å²) in [6.45, 7) is 2.81. The molecule has 1 aromatic carbocycles. The van der Waals surface area contributed by atoms with Crippen molar-refractivity contribution in [3.8, 4) is 0 Å². The van der Waals surface area contributed by atoms with Gasteiger partial charge in [0, 0.05) is 0 Å². The van der Waals surface area contributed by atoms with Crippen molar-refractivity contribution < 1.29 is 23.1 Å². The number of carboxylic acid groups (broad SMARTS) is 1. The first kappa shape index (κ1) is 14.5. The Morgan fingerprint density at radius 1 is 1.28 bits per heavy atom. The highest BCUT2D eigenvalue weighted by Crippen LogP contribution is 2.37. The number of aryl methyl sites for hydroxylation is 1. The molecule has 18 heavy (non-hydrogen) atoms. The van der Waals surface area contributed by atoms with Crippen molar-refractivity contribution in [3.05, 3.63) is 35.4 Å². The van der Waals surface area contributed by atoms with Crippen LogP contribution in [0.25, 0.3) is 0 Å². The molecule has 5 heteroatoms. The largest absolute Gasteiger partial charge is 0.481 e. The first-order valence-electron chi connectivity index (χ1n) is 5.65. The molecule has 0 spiro atoms. The van der Waals surface area contributed by atoms with Gasteiger partial charge < -0.3 is 5.11 Å². The molecule has 0 bridgehead atoms. The molecular weight excluding hydrogens is 245 g/mol. The van der Waals surface area contributed by atoms with Gasteiger partial charge in [0.05, 0.1) is 11.8 Å². The molecule has 0 aliphatic heterocycles. The Hall–Kier alpha value is -1.52. The van der Waals surface area contributed by atoms with Gasteiger partial charge in [-0.25, -0.2) is 0 Å². The third-order valence-corrected chi connectivity index (χ3v) is 3.03. The van der Waals surface area contributed by atoms with Crippen molar-refractivity contribution >= 4 is 5.97 Å². The van der Waals surface area contributed by atoms with E-state index in [-0.39, 0.29) is 5.56 Å². The van der Waals surface area contributed by atoms with Gasteiger partial charge in [-0.1, -0.05) is 38.1 Å². The van der Waals surface area contributed by atoms with Gasteiger partial charge in [-0.3, -0.25) is 4.79 Å². The van der Waals surface area contributed by atoms with Crippen LogP contribution in [0.5, 0.6) is 0 Å². The molecule has 0 aliphatic rings. The molecule has 1 N–H and O–H groups in total. The Kier molecular flexibility index (Phi) is 4.38. The quantitative estimate of drug-likeness (QED) is 0.897. The highest BCUT2D eigenvalue weighted by molar-refractivity contribution is 5.76. The van der Waals surface area contributed by atoms with Crippen LogP contribution in [0.1, 0.15) is 30.9 Å². The summed E-state index contributed by atoms with van der Waals surface area (Å²) >= 11 is 0. The zero-order valence-corrected chi connectivity index (χ0v) is 10.2. The van der Waals surface area contributed by atoms with Gasteiger partial charge in [-0.2, -0.15) is 13.2 Å². The normalized spacial score (nSPS) is 15.2. The van der Waals surface area contributed by atoms with Crippen LogP contribution in [0.2, 0.25) is 0 Å². The fraction of sp³-hybridized carbons (Fsp3) is 0.462. The van der Waals surface area contributed by atoms with Gasteiger partial charge in [0.25, 0.3) is 0 Å². The predicted octanol–water partition coefficient (Wildman–Crippen LogP) is 3.62. The van der Waals surface area contributed by atoms with E-state index in [9.17, 15) is 18.0 Å². The number of rotatable bonds is 4. The Balaban J connectivity index is 3.08. The first-order chi connectivity index (χ1) is 8.27. The Bertz CT molecular complexity index is 409. The lowest BCUT2D eigenvalue weighted by atomic mass is 9.86. The Labute approximate surface area is 103 Å². The summed E-state index contributed by atoms with van der Waals surface area (Å²) in [5.41, 5.74) is 1.15. The third kappa shape index (κ3) is 3.24. The summed E-state index contributed by atoms with van der Waals surface area (Å²) < 4.78 is 37.9. The zero-order valence-electron chi connectivity index (χ0n) is 10.2. The second kappa shape index (κ2) is 5.42. The van der Waals surface area contributed by atoms with E-state index < -0.39 is 24.0 Å². The van der Waals surface area contributed by atoms with E-state index in [1.165, 1.54) is 12.1 Å². The van der Waals surface area contributed by atoms with E-state index in [4.69, 9.17) is 5.11 Å². The lowest BCUT2D eigenvalue weighted by molar-refractivity contribution is -0.183. The van der Waals surface area contributed by atoms with Crippen molar-refractivity contribution in [2.45, 2.75) is 32.4 Å². The van der Waals surface area contributed by atoms with Crippen molar-refractivity contribution in [2.75, 3.05) is 0 Å². The van der Waals surface area contributed by atoms with Crippen molar-refractivity contribution in [2.24, 2.45) is 5.92 Å². The Morgan fingerprint density at radius 3 is 2.11 bits per heavy atom. The van der Waals surface area contributed by atoms with Crippen molar-refractivity contribution in [3.63, 3.8) is 0 Å². The number of hydrogen-bond donors (Lipinski definition) is 1. The molecule has 0 radical (unpaired) electrons. The molecule has 0 heterocycles. The van der Waals surface area contributed by atoms with Gasteiger partial charge in [0.15, 0.2) is 0 Å². The SMILES string of the molecule is CCc1ccc(C(C(=O)O)C(C)C(F)(F)F)cc1. The third-order valence-electron chi connectivity index (χ3n) is 3.03. The molecule has 2 unspecified atom stereocenters. The van der Waals surface area contributed by atoms with Gasteiger partial charge in [0.2, 0.25) is 0 Å². The summed E-state index contributed by atoms with van der Waals surface area (Å²) in [4.78, 5) is 11.0. The molecule has 0 saturated heterocycles. The monoisotopic (exact) mass is 260 g/mol. The predicted molar refractivity (Wildman–Crippen MR) is 61.4 cm³/mol. The number of hydrogen-bond acceptors (Lipinski definition) is 1. The van der Waals surface area contributed by atoms with Gasteiger partial charge in [-0.05, 0) is 17.5 Å². The van der Waals surface area contributed by atoms with Crippen LogP contribution in [0.3, 0.4) is 0 Å². The number of aliphatic carboxylic acids is 1. The smallest absolute Gasteiger partial charge is 0.392 e. The van der Waals surface area contributed by atoms with Crippen LogP contribution in [-0.4, -0.2) is 17.3 Å². The molecule has 0 saturated carbocycles. The number of carboxylic acids is 1. The molecule has 2 atom stereocenters. The lowest BCUT2D eigenvalue weighted by Gasteiger charge is -2.23. The van der Waals surface area contributed by atoms with Crippen molar-refractivity contribution in [1.29, 1.82) is 0 Å². The fourth-order valence-corrected chi connectivity index (χ4v) is 1.79. The van der Waals surface area contributed by atoms with Crippen LogP contribution in [0.15, 0.2) is 24.3 Å². The van der Waals surface area contributed by atoms with Crippen LogP contribution in [0, 0.1) is 5.92 Å². The number of alkyl halides is 3. The summed E-state index contributed by atoms with van der Waals surface area (Å²) in [7, 11) is 0. The fourth-order valence-electron chi connectivity index (χ4n) is 1.79. The van der Waals surface area contributed by atoms with E-state index in [2.05, 4.69) is 0 Å². The lowest BCUT2D eigenvalue weighted by Crippen LogP contribution is -2.31. The van der Waals surface area contributed by atoms with E-state index in [0.717, 1.165) is 18.9 Å². The highest BCUT2D eigenvalue weighted by Gasteiger charge is 2.44. The van der Waals surface area contributed by atoms with Crippen molar-refractivity contribution in [1.82, 2.24) is 0 Å². The standard InChI is InChI=1S/C13H15F3O2/c1-3-9-4-6-10(7-5-9)11(12(17)18)8(2)13(14,15)16/h4-8,11H,3H2,1-2H3,(H,17,18). The second-order valence-corrected chi connectivity index (χ2v) is 4.24.